The Hall–Kier alpha value is -1.72. The van der Waals surface area contributed by atoms with Gasteiger partial charge in [-0.15, -0.1) is 0 Å². The molecule has 1 fully saturated rings. The first-order chi connectivity index (χ1) is 11.7. The Morgan fingerprint density at radius 2 is 2.12 bits per heavy atom. The van der Waals surface area contributed by atoms with Gasteiger partial charge in [0.15, 0.2) is 0 Å². The lowest BCUT2D eigenvalue weighted by Gasteiger charge is -2.34. The lowest BCUT2D eigenvalue weighted by Crippen LogP contribution is -2.35. The van der Waals surface area contributed by atoms with Crippen LogP contribution in [0.3, 0.4) is 0 Å². The maximum atomic E-state index is 9.32. The van der Waals surface area contributed by atoms with Crippen LogP contribution in [0.4, 0.5) is 11.4 Å². The number of benzene rings is 1. The van der Waals surface area contributed by atoms with E-state index < -0.39 is 0 Å². The van der Waals surface area contributed by atoms with Crippen molar-refractivity contribution in [1.29, 1.82) is 0 Å². The van der Waals surface area contributed by atoms with Crippen molar-refractivity contribution in [1.82, 2.24) is 9.78 Å². The molecular weight excluding hydrogens is 324 g/mol. The molecule has 0 aliphatic carbocycles. The van der Waals surface area contributed by atoms with E-state index in [2.05, 4.69) is 34.5 Å². The molecule has 2 N–H and O–H groups in total. The van der Waals surface area contributed by atoms with E-state index in [9.17, 15) is 5.11 Å². The van der Waals surface area contributed by atoms with E-state index in [1.807, 2.05) is 23.0 Å². The zero-order chi connectivity index (χ0) is 16.9. The molecule has 1 aliphatic heterocycles. The van der Waals surface area contributed by atoms with E-state index in [4.69, 9.17) is 11.6 Å². The summed E-state index contributed by atoms with van der Waals surface area (Å²) in [4.78, 5) is 2.38. The van der Waals surface area contributed by atoms with Gasteiger partial charge >= 0.3 is 0 Å². The SMILES string of the molecule is CCn1cc(CNc2cc(Cl)ccc2N2CCC(CO)CC2)cn1. The van der Waals surface area contributed by atoms with E-state index in [-0.39, 0.29) is 0 Å². The molecule has 1 aromatic carbocycles. The quantitative estimate of drug-likeness (QED) is 0.840. The summed E-state index contributed by atoms with van der Waals surface area (Å²) in [7, 11) is 0. The molecule has 0 unspecified atom stereocenters. The third kappa shape index (κ3) is 4.02. The predicted molar refractivity (Wildman–Crippen MR) is 98.7 cm³/mol. The van der Waals surface area contributed by atoms with Crippen molar-refractivity contribution in [2.75, 3.05) is 29.9 Å². The fraction of sp³-hybridized carbons (Fsp3) is 0.500. The van der Waals surface area contributed by atoms with Gasteiger partial charge in [0.2, 0.25) is 0 Å². The lowest BCUT2D eigenvalue weighted by molar-refractivity contribution is 0.203. The summed E-state index contributed by atoms with van der Waals surface area (Å²) in [6, 6.07) is 6.01. The van der Waals surface area contributed by atoms with Crippen LogP contribution in [0, 0.1) is 5.92 Å². The molecule has 1 aromatic heterocycles. The number of aromatic nitrogens is 2. The van der Waals surface area contributed by atoms with Crippen molar-refractivity contribution >= 4 is 23.0 Å². The Bertz CT molecular complexity index is 665. The standard InChI is InChI=1S/C18H25ClN4O/c1-2-23-12-15(11-21-23)10-20-17-9-16(19)3-4-18(17)22-7-5-14(13-24)6-8-22/h3-4,9,11-12,14,20,24H,2,5-8,10,13H2,1H3. The second-order valence-corrected chi connectivity index (χ2v) is 6.77. The Labute approximate surface area is 148 Å². The average Bonchev–Trinajstić information content (AvgIpc) is 3.08. The molecule has 0 bridgehead atoms. The van der Waals surface area contributed by atoms with Gasteiger partial charge < -0.3 is 15.3 Å². The monoisotopic (exact) mass is 348 g/mol. The molecule has 5 nitrogen and oxygen atoms in total. The first kappa shape index (κ1) is 17.1. The van der Waals surface area contributed by atoms with Gasteiger partial charge in [-0.3, -0.25) is 4.68 Å². The lowest BCUT2D eigenvalue weighted by atomic mass is 9.97. The highest BCUT2D eigenvalue weighted by Crippen LogP contribution is 2.32. The fourth-order valence-electron chi connectivity index (χ4n) is 3.15. The first-order valence-corrected chi connectivity index (χ1v) is 8.98. The van der Waals surface area contributed by atoms with Crippen LogP contribution in [-0.2, 0) is 13.1 Å². The van der Waals surface area contributed by atoms with Gasteiger partial charge in [0.25, 0.3) is 0 Å². The number of aliphatic hydroxyl groups excluding tert-OH is 1. The number of rotatable bonds is 6. The van der Waals surface area contributed by atoms with Gasteiger partial charge in [-0.1, -0.05) is 11.6 Å². The van der Waals surface area contributed by atoms with Crippen LogP contribution in [0.15, 0.2) is 30.6 Å². The zero-order valence-corrected chi connectivity index (χ0v) is 14.8. The van der Waals surface area contributed by atoms with E-state index >= 15 is 0 Å². The minimum atomic E-state index is 0.293. The van der Waals surface area contributed by atoms with Crippen molar-refractivity contribution in [3.05, 3.63) is 41.2 Å². The van der Waals surface area contributed by atoms with Crippen LogP contribution < -0.4 is 10.2 Å². The smallest absolute Gasteiger partial charge is 0.0603 e. The molecule has 1 aliphatic rings. The van der Waals surface area contributed by atoms with Gasteiger partial charge in [-0.05, 0) is 43.9 Å². The molecule has 0 amide bonds. The Kier molecular flexibility index (Phi) is 5.63. The normalized spacial score (nSPS) is 15.7. The van der Waals surface area contributed by atoms with Gasteiger partial charge in [-0.2, -0.15) is 5.10 Å². The molecule has 130 valence electrons. The number of nitrogens with zero attached hydrogens (tertiary/aromatic N) is 3. The number of piperidine rings is 1. The van der Waals surface area contributed by atoms with Gasteiger partial charge in [-0.25, -0.2) is 0 Å². The minimum Gasteiger partial charge on any atom is -0.396 e. The molecule has 6 heteroatoms. The van der Waals surface area contributed by atoms with Crippen molar-refractivity contribution in [2.24, 2.45) is 5.92 Å². The molecular formula is C18H25ClN4O. The highest BCUT2D eigenvalue weighted by Gasteiger charge is 2.20. The predicted octanol–water partition coefficient (Wildman–Crippen LogP) is 3.38. The summed E-state index contributed by atoms with van der Waals surface area (Å²) < 4.78 is 1.93. The number of aliphatic hydroxyl groups is 1. The van der Waals surface area contributed by atoms with Crippen LogP contribution in [-0.4, -0.2) is 34.6 Å². The maximum absolute atomic E-state index is 9.32. The Morgan fingerprint density at radius 1 is 1.33 bits per heavy atom. The van der Waals surface area contributed by atoms with Crippen molar-refractivity contribution < 1.29 is 5.11 Å². The van der Waals surface area contributed by atoms with E-state index in [1.165, 1.54) is 5.69 Å². The third-order valence-electron chi connectivity index (χ3n) is 4.67. The molecule has 2 heterocycles. The Morgan fingerprint density at radius 3 is 2.79 bits per heavy atom. The highest BCUT2D eigenvalue weighted by molar-refractivity contribution is 6.31. The molecule has 0 atom stereocenters. The summed E-state index contributed by atoms with van der Waals surface area (Å²) >= 11 is 6.20. The van der Waals surface area contributed by atoms with E-state index in [0.29, 0.717) is 12.5 Å². The van der Waals surface area contributed by atoms with E-state index in [1.54, 1.807) is 0 Å². The number of aryl methyl sites for hydroxylation is 1. The first-order valence-electron chi connectivity index (χ1n) is 8.60. The highest BCUT2D eigenvalue weighted by atomic mass is 35.5. The molecule has 2 aromatic rings. The molecule has 0 saturated carbocycles. The van der Waals surface area contributed by atoms with Crippen LogP contribution in [0.5, 0.6) is 0 Å². The number of hydrogen-bond acceptors (Lipinski definition) is 4. The van der Waals surface area contributed by atoms with Crippen LogP contribution in [0.25, 0.3) is 0 Å². The van der Waals surface area contributed by atoms with Crippen LogP contribution in [0.1, 0.15) is 25.3 Å². The topological polar surface area (TPSA) is 53.3 Å². The van der Waals surface area contributed by atoms with Gasteiger partial charge in [0.1, 0.15) is 0 Å². The molecule has 24 heavy (non-hydrogen) atoms. The third-order valence-corrected chi connectivity index (χ3v) is 4.90. The summed E-state index contributed by atoms with van der Waals surface area (Å²) in [5, 5.41) is 17.9. The van der Waals surface area contributed by atoms with Gasteiger partial charge in [0, 0.05) is 49.6 Å². The summed E-state index contributed by atoms with van der Waals surface area (Å²) in [5.41, 5.74) is 3.38. The minimum absolute atomic E-state index is 0.293. The number of anilines is 2. The number of nitrogens with one attached hydrogen (secondary N) is 1. The summed E-state index contributed by atoms with van der Waals surface area (Å²) in [6.45, 7) is 5.91. The van der Waals surface area contributed by atoms with Crippen molar-refractivity contribution in [2.45, 2.75) is 32.9 Å². The van der Waals surface area contributed by atoms with Crippen molar-refractivity contribution in [3.8, 4) is 0 Å². The van der Waals surface area contributed by atoms with Gasteiger partial charge in [0.05, 0.1) is 17.6 Å². The van der Waals surface area contributed by atoms with Crippen molar-refractivity contribution in [3.63, 3.8) is 0 Å². The second kappa shape index (κ2) is 7.90. The average molecular weight is 349 g/mol. The Balaban J connectivity index is 1.71. The largest absolute Gasteiger partial charge is 0.396 e. The summed E-state index contributed by atoms with van der Waals surface area (Å²) in [5.74, 6) is 0.435. The zero-order valence-electron chi connectivity index (χ0n) is 14.1. The van der Waals surface area contributed by atoms with E-state index in [0.717, 1.165) is 55.3 Å². The molecule has 0 spiro atoms. The second-order valence-electron chi connectivity index (χ2n) is 6.33. The van der Waals surface area contributed by atoms with Crippen LogP contribution in [0.2, 0.25) is 5.02 Å². The van der Waals surface area contributed by atoms with Crippen LogP contribution >= 0.6 is 11.6 Å². The number of halogens is 1. The molecule has 3 rings (SSSR count). The molecule has 0 radical (unpaired) electrons. The molecule has 1 saturated heterocycles. The fourth-order valence-corrected chi connectivity index (χ4v) is 3.32. The number of hydrogen-bond donors (Lipinski definition) is 2. The maximum Gasteiger partial charge on any atom is 0.0603 e. The summed E-state index contributed by atoms with van der Waals surface area (Å²) in [6.07, 6.45) is 6.01.